The summed E-state index contributed by atoms with van der Waals surface area (Å²) in [6, 6.07) is 0.657. The topological polar surface area (TPSA) is 127 Å². The van der Waals surface area contributed by atoms with Gasteiger partial charge in [-0.05, 0) is 18.6 Å². The van der Waals surface area contributed by atoms with E-state index in [1.807, 2.05) is 4.72 Å². The number of hydrogen-bond acceptors (Lipinski definition) is 5. The van der Waals surface area contributed by atoms with Gasteiger partial charge in [-0.2, -0.15) is 9.11 Å². The number of nitrogens with zero attached hydrogens (tertiary/aromatic N) is 1. The van der Waals surface area contributed by atoms with Crippen LogP contribution in [0.2, 0.25) is 0 Å². The summed E-state index contributed by atoms with van der Waals surface area (Å²) in [6.45, 7) is 1.67. The molecule has 0 bridgehead atoms. The maximum Gasteiger partial charge on any atom is 0.321 e. The Bertz CT molecular complexity index is 661. The van der Waals surface area contributed by atoms with Crippen LogP contribution in [-0.4, -0.2) is 30.5 Å². The molecule has 21 heavy (non-hydrogen) atoms. The third-order valence-corrected chi connectivity index (χ3v) is 4.07. The van der Waals surface area contributed by atoms with Crippen LogP contribution < -0.4 is 4.72 Å². The predicted octanol–water partition coefficient (Wildman–Crippen LogP) is 1.27. The Kier molecular flexibility index (Phi) is 5.33. The van der Waals surface area contributed by atoms with E-state index in [0.29, 0.717) is 18.6 Å². The quantitative estimate of drug-likeness (QED) is 0.575. The van der Waals surface area contributed by atoms with E-state index in [-0.39, 0.29) is 6.42 Å². The van der Waals surface area contributed by atoms with Gasteiger partial charge in [0.2, 0.25) is 15.8 Å². The Balaban J connectivity index is 3.16. The molecule has 8 nitrogen and oxygen atoms in total. The van der Waals surface area contributed by atoms with Crippen LogP contribution in [0.4, 0.5) is 10.1 Å². The van der Waals surface area contributed by atoms with Gasteiger partial charge in [0.25, 0.3) is 0 Å². The summed E-state index contributed by atoms with van der Waals surface area (Å²) in [4.78, 5) is 19.9. The van der Waals surface area contributed by atoms with Crippen molar-refractivity contribution in [3.8, 4) is 0 Å². The Hall–Kier alpha value is -2.07. The van der Waals surface area contributed by atoms with Crippen molar-refractivity contribution >= 4 is 21.7 Å². The second kappa shape index (κ2) is 6.59. The predicted molar refractivity (Wildman–Crippen MR) is 69.7 cm³/mol. The number of halogens is 1. The molecule has 0 aliphatic rings. The van der Waals surface area contributed by atoms with Gasteiger partial charge in [0.05, 0.1) is 9.82 Å². The minimum Gasteiger partial charge on any atom is -0.480 e. The molecule has 0 spiro atoms. The highest BCUT2D eigenvalue weighted by atomic mass is 32.2. The SMILES string of the molecule is CCCC(NS(=O)(=O)c1ccc(F)c([N+](=O)[O-])c1)C(=O)O. The fraction of sp³-hybridized carbons (Fsp3) is 0.364. The molecule has 1 atom stereocenters. The van der Waals surface area contributed by atoms with Gasteiger partial charge in [0, 0.05) is 6.07 Å². The maximum absolute atomic E-state index is 13.2. The van der Waals surface area contributed by atoms with E-state index in [1.54, 1.807) is 6.92 Å². The van der Waals surface area contributed by atoms with E-state index in [1.165, 1.54) is 0 Å². The first kappa shape index (κ1) is 17.0. The zero-order chi connectivity index (χ0) is 16.2. The van der Waals surface area contributed by atoms with Gasteiger partial charge in [-0.15, -0.1) is 0 Å². The molecule has 0 amide bonds. The summed E-state index contributed by atoms with van der Waals surface area (Å²) >= 11 is 0. The normalized spacial score (nSPS) is 12.9. The summed E-state index contributed by atoms with van der Waals surface area (Å²) in [5.41, 5.74) is -1.000. The highest BCUT2D eigenvalue weighted by Crippen LogP contribution is 2.21. The van der Waals surface area contributed by atoms with Crippen molar-refractivity contribution in [3.63, 3.8) is 0 Å². The van der Waals surface area contributed by atoms with E-state index in [2.05, 4.69) is 0 Å². The van der Waals surface area contributed by atoms with E-state index in [4.69, 9.17) is 5.11 Å². The number of sulfonamides is 1. The van der Waals surface area contributed by atoms with Gasteiger partial charge < -0.3 is 5.11 Å². The first-order chi connectivity index (χ1) is 9.69. The summed E-state index contributed by atoms with van der Waals surface area (Å²) in [7, 11) is -4.30. The fourth-order valence-electron chi connectivity index (χ4n) is 1.58. The van der Waals surface area contributed by atoms with Crippen molar-refractivity contribution in [2.24, 2.45) is 0 Å². The maximum atomic E-state index is 13.2. The first-order valence-corrected chi connectivity index (χ1v) is 7.36. The Morgan fingerprint density at radius 2 is 2.14 bits per heavy atom. The van der Waals surface area contributed by atoms with Crippen LogP contribution >= 0.6 is 0 Å². The number of benzene rings is 1. The lowest BCUT2D eigenvalue weighted by Gasteiger charge is -2.13. The summed E-state index contributed by atoms with van der Waals surface area (Å²) < 4.78 is 39.1. The van der Waals surface area contributed by atoms with Crippen LogP contribution in [-0.2, 0) is 14.8 Å². The fourth-order valence-corrected chi connectivity index (χ4v) is 2.82. The monoisotopic (exact) mass is 320 g/mol. The smallest absolute Gasteiger partial charge is 0.321 e. The minimum atomic E-state index is -4.30. The lowest BCUT2D eigenvalue weighted by molar-refractivity contribution is -0.387. The summed E-state index contributed by atoms with van der Waals surface area (Å²) in [6.07, 6.45) is 0.473. The van der Waals surface area contributed by atoms with Crippen LogP contribution in [0.15, 0.2) is 23.1 Å². The second-order valence-corrected chi connectivity index (χ2v) is 5.89. The van der Waals surface area contributed by atoms with Crippen LogP contribution in [0.3, 0.4) is 0 Å². The average Bonchev–Trinajstić information content (AvgIpc) is 2.37. The lowest BCUT2D eigenvalue weighted by atomic mass is 10.2. The molecule has 1 rings (SSSR count). The summed E-state index contributed by atoms with van der Waals surface area (Å²) in [5.74, 6) is -2.54. The molecule has 1 aromatic carbocycles. The number of rotatable bonds is 7. The third-order valence-electron chi connectivity index (χ3n) is 2.60. The first-order valence-electron chi connectivity index (χ1n) is 5.88. The molecule has 0 saturated heterocycles. The summed E-state index contributed by atoms with van der Waals surface area (Å²) in [5, 5.41) is 19.5. The molecule has 10 heteroatoms. The molecule has 0 aliphatic heterocycles. The number of carboxylic acids is 1. The van der Waals surface area contributed by atoms with Crippen LogP contribution in [0.5, 0.6) is 0 Å². The van der Waals surface area contributed by atoms with Crippen molar-refractivity contribution in [3.05, 3.63) is 34.1 Å². The van der Waals surface area contributed by atoms with Crippen molar-refractivity contribution in [2.45, 2.75) is 30.7 Å². The number of carboxylic acid groups (broad SMARTS) is 1. The molecule has 0 heterocycles. The molecule has 1 unspecified atom stereocenters. The molecule has 0 aromatic heterocycles. The van der Waals surface area contributed by atoms with Gasteiger partial charge >= 0.3 is 11.7 Å². The number of aliphatic carboxylic acids is 1. The van der Waals surface area contributed by atoms with E-state index in [9.17, 15) is 27.7 Å². The Morgan fingerprint density at radius 3 is 2.62 bits per heavy atom. The molecule has 0 radical (unpaired) electrons. The molecular formula is C11H13FN2O6S. The Morgan fingerprint density at radius 1 is 1.52 bits per heavy atom. The second-order valence-electron chi connectivity index (χ2n) is 4.17. The van der Waals surface area contributed by atoms with Gasteiger partial charge in [-0.25, -0.2) is 8.42 Å². The molecule has 116 valence electrons. The van der Waals surface area contributed by atoms with Crippen LogP contribution in [0.1, 0.15) is 19.8 Å². The van der Waals surface area contributed by atoms with Crippen molar-refractivity contribution in [1.29, 1.82) is 0 Å². The van der Waals surface area contributed by atoms with E-state index in [0.717, 1.165) is 6.07 Å². The number of nitro groups is 1. The standard InChI is InChI=1S/C11H13FN2O6S/c1-2-3-9(11(15)16)13-21(19,20)7-4-5-8(12)10(6-7)14(17)18/h4-6,9,13H,2-3H2,1H3,(H,15,16). The van der Waals surface area contributed by atoms with Crippen LogP contribution in [0.25, 0.3) is 0 Å². The van der Waals surface area contributed by atoms with Gasteiger partial charge in [-0.1, -0.05) is 13.3 Å². The molecular weight excluding hydrogens is 307 g/mol. The third kappa shape index (κ3) is 4.20. The van der Waals surface area contributed by atoms with Crippen LogP contribution in [0, 0.1) is 15.9 Å². The van der Waals surface area contributed by atoms with Gasteiger partial charge in [0.1, 0.15) is 6.04 Å². The molecule has 2 N–H and O–H groups in total. The average molecular weight is 320 g/mol. The van der Waals surface area contributed by atoms with Gasteiger partial charge in [-0.3, -0.25) is 14.9 Å². The zero-order valence-corrected chi connectivity index (χ0v) is 11.8. The lowest BCUT2D eigenvalue weighted by Crippen LogP contribution is -2.40. The molecule has 0 aliphatic carbocycles. The number of nitrogens with one attached hydrogen (secondary N) is 1. The van der Waals surface area contributed by atoms with Crippen molar-refractivity contribution < 1.29 is 27.6 Å². The minimum absolute atomic E-state index is 0.0534. The molecule has 1 aromatic rings. The number of hydrogen-bond donors (Lipinski definition) is 2. The van der Waals surface area contributed by atoms with Crippen molar-refractivity contribution in [2.75, 3.05) is 0 Å². The van der Waals surface area contributed by atoms with E-state index >= 15 is 0 Å². The van der Waals surface area contributed by atoms with Gasteiger partial charge in [0.15, 0.2) is 0 Å². The largest absolute Gasteiger partial charge is 0.480 e. The molecule has 0 fully saturated rings. The highest BCUT2D eigenvalue weighted by molar-refractivity contribution is 7.89. The molecule has 0 saturated carbocycles. The Labute approximate surface area is 119 Å². The van der Waals surface area contributed by atoms with E-state index < -0.39 is 43.4 Å². The van der Waals surface area contributed by atoms with Crippen molar-refractivity contribution in [1.82, 2.24) is 4.72 Å². The number of nitro benzene ring substituents is 1. The number of carbonyl (C=O) groups is 1. The zero-order valence-electron chi connectivity index (χ0n) is 10.9. The highest BCUT2D eigenvalue weighted by Gasteiger charge is 2.27.